The predicted octanol–water partition coefficient (Wildman–Crippen LogP) is 6.39. The molecule has 0 saturated carbocycles. The Morgan fingerprint density at radius 2 is 1.87 bits per heavy atom. The molecule has 1 aliphatic rings. The lowest BCUT2D eigenvalue weighted by Gasteiger charge is -2.32. The van der Waals surface area contributed by atoms with Crippen LogP contribution in [0.2, 0.25) is 0 Å². The number of nitrogens with zero attached hydrogens (tertiary/aromatic N) is 1. The third-order valence-electron chi connectivity index (χ3n) is 5.62. The number of benzene rings is 3. The largest absolute Gasteiger partial charge is 0.504 e. The normalized spacial score (nSPS) is 18.5. The van der Waals surface area contributed by atoms with Crippen molar-refractivity contribution >= 4 is 21.6 Å². The Hall–Kier alpha value is -2.63. The number of phenols is 1. The molecule has 0 fully saturated rings. The van der Waals surface area contributed by atoms with Crippen molar-refractivity contribution in [2.45, 2.75) is 39.4 Å². The fourth-order valence-electron chi connectivity index (χ4n) is 4.13. The second kappa shape index (κ2) is 9.25. The molecule has 31 heavy (non-hydrogen) atoms. The number of hydrogen-bond donors (Lipinski definition) is 2. The van der Waals surface area contributed by atoms with Gasteiger partial charge in [0.1, 0.15) is 6.17 Å². The van der Waals surface area contributed by atoms with E-state index in [-0.39, 0.29) is 18.0 Å². The van der Waals surface area contributed by atoms with Crippen molar-refractivity contribution in [3.05, 3.63) is 93.0 Å². The highest BCUT2D eigenvalue weighted by molar-refractivity contribution is 9.10. The van der Waals surface area contributed by atoms with Crippen molar-refractivity contribution in [2.24, 2.45) is 4.99 Å². The molecule has 2 N–H and O–H groups in total. The second-order valence-corrected chi connectivity index (χ2v) is 8.81. The molecule has 0 saturated heterocycles. The van der Waals surface area contributed by atoms with Crippen LogP contribution in [0.25, 0.3) is 0 Å². The molecule has 4 rings (SSSR count). The number of para-hydroxylation sites is 1. The smallest absolute Gasteiger partial charge is 0.162 e. The van der Waals surface area contributed by atoms with Crippen molar-refractivity contribution in [3.63, 3.8) is 0 Å². The molecule has 0 bridgehead atoms. The van der Waals surface area contributed by atoms with Gasteiger partial charge in [0.25, 0.3) is 0 Å². The molecule has 3 aromatic carbocycles. The van der Waals surface area contributed by atoms with Gasteiger partial charge in [-0.25, -0.2) is 0 Å². The fourth-order valence-corrected chi connectivity index (χ4v) is 4.53. The first-order chi connectivity index (χ1) is 15.0. The quantitative estimate of drug-likeness (QED) is 0.446. The number of phenolic OH excluding ortho intramolecular Hbond substituents is 1. The van der Waals surface area contributed by atoms with E-state index in [1.807, 2.05) is 31.2 Å². The van der Waals surface area contributed by atoms with E-state index in [1.54, 1.807) is 6.07 Å². The number of rotatable bonds is 5. The lowest BCUT2D eigenvalue weighted by atomic mass is 9.92. The van der Waals surface area contributed by atoms with Crippen LogP contribution in [0.3, 0.4) is 0 Å². The summed E-state index contributed by atoms with van der Waals surface area (Å²) < 4.78 is 6.65. The zero-order chi connectivity index (χ0) is 22.0. The highest BCUT2D eigenvalue weighted by Gasteiger charge is 2.29. The van der Waals surface area contributed by atoms with Gasteiger partial charge in [0, 0.05) is 28.2 Å². The summed E-state index contributed by atoms with van der Waals surface area (Å²) >= 11 is 3.58. The molecule has 0 radical (unpaired) electrons. The van der Waals surface area contributed by atoms with Crippen LogP contribution in [0.15, 0.2) is 70.1 Å². The van der Waals surface area contributed by atoms with Gasteiger partial charge in [0.05, 0.1) is 6.61 Å². The molecule has 1 heterocycles. The van der Waals surface area contributed by atoms with Crippen LogP contribution in [0.1, 0.15) is 53.4 Å². The summed E-state index contributed by atoms with van der Waals surface area (Å²) in [6, 6.07) is 20.3. The molecule has 4 nitrogen and oxygen atoms in total. The molecule has 5 heteroatoms. The number of aryl methyl sites for hydroxylation is 2. The SMILES string of the molecule is CCOc1cccc([C@@H]2CC(c3cccc(Br)c3)=N[C@H](c3ccc(C)cc3C)N2)c1O. The van der Waals surface area contributed by atoms with Crippen molar-refractivity contribution in [1.29, 1.82) is 0 Å². The maximum absolute atomic E-state index is 10.9. The van der Waals surface area contributed by atoms with E-state index in [2.05, 4.69) is 65.4 Å². The van der Waals surface area contributed by atoms with Gasteiger partial charge < -0.3 is 9.84 Å². The molecule has 160 valence electrons. The Morgan fingerprint density at radius 3 is 2.61 bits per heavy atom. The van der Waals surface area contributed by atoms with Crippen LogP contribution in [0.4, 0.5) is 0 Å². The monoisotopic (exact) mass is 478 g/mol. The predicted molar refractivity (Wildman–Crippen MR) is 129 cm³/mol. The molecular formula is C26H27BrN2O2. The van der Waals surface area contributed by atoms with E-state index >= 15 is 0 Å². The molecule has 1 aliphatic heterocycles. The van der Waals surface area contributed by atoms with E-state index in [4.69, 9.17) is 9.73 Å². The Labute approximate surface area is 192 Å². The van der Waals surface area contributed by atoms with E-state index < -0.39 is 0 Å². The lowest BCUT2D eigenvalue weighted by molar-refractivity contribution is 0.313. The van der Waals surface area contributed by atoms with Gasteiger partial charge in [-0.2, -0.15) is 0 Å². The summed E-state index contributed by atoms with van der Waals surface area (Å²) in [4.78, 5) is 5.09. The number of ether oxygens (including phenoxy) is 1. The Kier molecular flexibility index (Phi) is 6.44. The summed E-state index contributed by atoms with van der Waals surface area (Å²) in [7, 11) is 0. The van der Waals surface area contributed by atoms with Gasteiger partial charge in [-0.3, -0.25) is 10.3 Å². The highest BCUT2D eigenvalue weighted by atomic mass is 79.9. The average Bonchev–Trinajstić information content (AvgIpc) is 2.75. The number of halogens is 1. The Morgan fingerprint density at radius 1 is 1.06 bits per heavy atom. The molecule has 0 unspecified atom stereocenters. The topological polar surface area (TPSA) is 53.8 Å². The standard InChI is InChI=1S/C26H27BrN2O2/c1-4-31-24-10-6-9-21(25(24)30)23-15-22(18-7-5-8-19(27)14-18)28-26(29-23)20-12-11-16(2)13-17(20)3/h5-14,23,26,29-30H,4,15H2,1-3H3/t23-,26-/m0/s1. The zero-order valence-electron chi connectivity index (χ0n) is 18.0. The van der Waals surface area contributed by atoms with Crippen LogP contribution in [-0.2, 0) is 0 Å². The maximum atomic E-state index is 10.9. The minimum atomic E-state index is -0.205. The summed E-state index contributed by atoms with van der Waals surface area (Å²) in [5.41, 5.74) is 6.48. The molecule has 0 amide bonds. The van der Waals surface area contributed by atoms with E-state index in [9.17, 15) is 5.11 Å². The second-order valence-electron chi connectivity index (χ2n) is 7.90. The van der Waals surface area contributed by atoms with Crippen molar-refractivity contribution < 1.29 is 9.84 Å². The first-order valence-corrected chi connectivity index (χ1v) is 11.4. The number of nitrogens with one attached hydrogen (secondary N) is 1. The minimum absolute atomic E-state index is 0.0995. The number of hydrogen-bond acceptors (Lipinski definition) is 4. The Bertz CT molecular complexity index is 1130. The number of aliphatic imine (C=N–C) groups is 1. The Balaban J connectivity index is 1.79. The van der Waals surface area contributed by atoms with Crippen molar-refractivity contribution in [3.8, 4) is 11.5 Å². The van der Waals surface area contributed by atoms with Crippen LogP contribution < -0.4 is 10.1 Å². The lowest BCUT2D eigenvalue weighted by Crippen LogP contribution is -2.33. The molecule has 0 aromatic heterocycles. The van der Waals surface area contributed by atoms with Crippen LogP contribution in [0.5, 0.6) is 11.5 Å². The fraction of sp³-hybridized carbons (Fsp3) is 0.269. The van der Waals surface area contributed by atoms with Crippen molar-refractivity contribution in [2.75, 3.05) is 6.61 Å². The summed E-state index contributed by atoms with van der Waals surface area (Å²) in [6.07, 6.45) is 0.463. The van der Waals surface area contributed by atoms with Gasteiger partial charge in [0.2, 0.25) is 0 Å². The third kappa shape index (κ3) is 4.68. The first-order valence-electron chi connectivity index (χ1n) is 10.6. The molecule has 0 aliphatic carbocycles. The van der Waals surface area contributed by atoms with Gasteiger partial charge >= 0.3 is 0 Å². The van der Waals surface area contributed by atoms with Crippen LogP contribution in [-0.4, -0.2) is 17.4 Å². The maximum Gasteiger partial charge on any atom is 0.162 e. The van der Waals surface area contributed by atoms with Crippen LogP contribution >= 0.6 is 15.9 Å². The van der Waals surface area contributed by atoms with Gasteiger partial charge in [0.15, 0.2) is 11.5 Å². The van der Waals surface area contributed by atoms with Crippen molar-refractivity contribution in [1.82, 2.24) is 5.32 Å². The molecule has 3 aromatic rings. The molecule has 2 atom stereocenters. The summed E-state index contributed by atoms with van der Waals surface area (Å²) in [5.74, 6) is 0.702. The van der Waals surface area contributed by atoms with Gasteiger partial charge in [-0.1, -0.05) is 64.0 Å². The summed E-state index contributed by atoms with van der Waals surface area (Å²) in [6.45, 7) is 6.64. The van der Waals surface area contributed by atoms with Gasteiger partial charge in [-0.15, -0.1) is 0 Å². The van der Waals surface area contributed by atoms with Crippen LogP contribution in [0, 0.1) is 13.8 Å². The average molecular weight is 479 g/mol. The third-order valence-corrected chi connectivity index (χ3v) is 6.12. The highest BCUT2D eigenvalue weighted by Crippen LogP contribution is 2.39. The van der Waals surface area contributed by atoms with E-state index in [0.29, 0.717) is 18.8 Å². The summed E-state index contributed by atoms with van der Waals surface area (Å²) in [5, 5.41) is 14.6. The van der Waals surface area contributed by atoms with E-state index in [1.165, 1.54) is 11.1 Å². The van der Waals surface area contributed by atoms with Gasteiger partial charge in [-0.05, 0) is 55.7 Å². The molecule has 0 spiro atoms. The minimum Gasteiger partial charge on any atom is -0.504 e. The number of aromatic hydroxyl groups is 1. The molecular weight excluding hydrogens is 452 g/mol. The first kappa shape index (κ1) is 21.6. The zero-order valence-corrected chi connectivity index (χ0v) is 19.6. The van der Waals surface area contributed by atoms with E-state index in [0.717, 1.165) is 26.9 Å².